The van der Waals surface area contributed by atoms with E-state index in [1.807, 2.05) is 31.2 Å². The van der Waals surface area contributed by atoms with E-state index in [2.05, 4.69) is 5.32 Å². The van der Waals surface area contributed by atoms with Crippen LogP contribution >= 0.6 is 0 Å². The fraction of sp³-hybridized carbons (Fsp3) is 0.375. The van der Waals surface area contributed by atoms with Crippen molar-refractivity contribution < 1.29 is 37.0 Å². The van der Waals surface area contributed by atoms with Gasteiger partial charge in [0.25, 0.3) is 10.0 Å². The largest absolute Gasteiger partial charge is 0.497 e. The number of aryl methyl sites for hydroxylation is 1. The molecule has 0 radical (unpaired) electrons. The van der Waals surface area contributed by atoms with Gasteiger partial charge in [0.05, 0.1) is 39.0 Å². The third-order valence-corrected chi connectivity index (χ3v) is 8.84. The summed E-state index contributed by atoms with van der Waals surface area (Å²) in [6, 6.07) is 15.6. The first-order valence-corrected chi connectivity index (χ1v) is 15.6. The first kappa shape index (κ1) is 34.0. The second kappa shape index (κ2) is 15.3. The van der Waals surface area contributed by atoms with Crippen molar-refractivity contribution in [3.63, 3.8) is 0 Å². The van der Waals surface area contributed by atoms with Gasteiger partial charge in [-0.3, -0.25) is 13.9 Å². The van der Waals surface area contributed by atoms with Gasteiger partial charge < -0.3 is 29.2 Å². The number of carbonyl (C=O) groups excluding carboxylic acids is 2. The number of methoxy groups -OCH3 is 4. The van der Waals surface area contributed by atoms with Gasteiger partial charge in [0.15, 0.2) is 11.5 Å². The summed E-state index contributed by atoms with van der Waals surface area (Å²) in [7, 11) is 1.27. The third kappa shape index (κ3) is 7.73. The molecule has 0 fully saturated rings. The SMILES string of the molecule is CCNC(=O)[C@H](CC)N(Cc1ccc(C)cc1)C(=O)CN(c1cc(OC)ccc1OC)S(=O)(=O)c1ccc(OC)c(OC)c1. The van der Waals surface area contributed by atoms with Gasteiger partial charge in [-0.1, -0.05) is 36.8 Å². The molecule has 1 N–H and O–H groups in total. The van der Waals surface area contributed by atoms with Crippen LogP contribution in [-0.2, 0) is 26.2 Å². The van der Waals surface area contributed by atoms with Gasteiger partial charge in [-0.25, -0.2) is 8.42 Å². The van der Waals surface area contributed by atoms with Crippen LogP contribution in [0.5, 0.6) is 23.0 Å². The van der Waals surface area contributed by atoms with Gasteiger partial charge in [0.2, 0.25) is 11.8 Å². The molecule has 11 nitrogen and oxygen atoms in total. The Morgan fingerprint density at radius 3 is 2.02 bits per heavy atom. The normalized spacial score (nSPS) is 11.7. The van der Waals surface area contributed by atoms with Crippen molar-refractivity contribution >= 4 is 27.5 Å². The molecule has 0 heterocycles. The van der Waals surface area contributed by atoms with Gasteiger partial charge in [-0.2, -0.15) is 0 Å². The maximum Gasteiger partial charge on any atom is 0.265 e. The summed E-state index contributed by atoms with van der Waals surface area (Å²) in [6.45, 7) is 5.38. The monoisotopic (exact) mass is 627 g/mol. The molecule has 44 heavy (non-hydrogen) atoms. The zero-order chi connectivity index (χ0) is 32.4. The second-order valence-corrected chi connectivity index (χ2v) is 11.8. The molecular weight excluding hydrogens is 586 g/mol. The molecule has 0 aromatic heterocycles. The average molecular weight is 628 g/mol. The topological polar surface area (TPSA) is 124 Å². The third-order valence-electron chi connectivity index (χ3n) is 7.09. The molecule has 0 saturated heterocycles. The minimum absolute atomic E-state index is 0.0799. The molecule has 0 aliphatic carbocycles. The molecule has 2 amide bonds. The number of hydrogen-bond donors (Lipinski definition) is 1. The zero-order valence-electron chi connectivity index (χ0n) is 26.2. The maximum absolute atomic E-state index is 14.4. The Labute approximate surface area is 259 Å². The highest BCUT2D eigenvalue weighted by atomic mass is 32.2. The molecular formula is C32H41N3O8S. The number of amides is 2. The lowest BCUT2D eigenvalue weighted by Crippen LogP contribution is -2.52. The highest BCUT2D eigenvalue weighted by molar-refractivity contribution is 7.92. The molecule has 3 aromatic rings. The van der Waals surface area contributed by atoms with Gasteiger partial charge in [0, 0.05) is 25.2 Å². The van der Waals surface area contributed by atoms with Crippen LogP contribution in [0.25, 0.3) is 0 Å². The minimum Gasteiger partial charge on any atom is -0.497 e. The summed E-state index contributed by atoms with van der Waals surface area (Å²) in [5.41, 5.74) is 1.91. The summed E-state index contributed by atoms with van der Waals surface area (Å²) in [6.07, 6.45) is 0.314. The van der Waals surface area contributed by atoms with Crippen molar-refractivity contribution in [2.45, 2.75) is 44.7 Å². The Hall–Kier alpha value is -4.45. The molecule has 0 aliphatic rings. The predicted molar refractivity (Wildman–Crippen MR) is 168 cm³/mol. The molecule has 0 spiro atoms. The quantitative estimate of drug-likeness (QED) is 0.266. The Kier molecular flexibility index (Phi) is 11.9. The first-order valence-electron chi connectivity index (χ1n) is 14.1. The molecule has 1 atom stereocenters. The van der Waals surface area contributed by atoms with E-state index in [4.69, 9.17) is 18.9 Å². The van der Waals surface area contributed by atoms with E-state index in [1.54, 1.807) is 26.0 Å². The summed E-state index contributed by atoms with van der Waals surface area (Å²) in [5.74, 6) is 0.168. The van der Waals surface area contributed by atoms with Crippen molar-refractivity contribution in [1.29, 1.82) is 0 Å². The van der Waals surface area contributed by atoms with Crippen LogP contribution in [0.2, 0.25) is 0 Å². The standard InChI is InChI=1S/C32H41N3O8S/c1-8-26(32(37)33-9-2)34(20-23-12-10-22(3)11-13-23)31(36)21-35(27-18-24(40-4)14-16-28(27)41-5)44(38,39)25-15-17-29(42-6)30(19-25)43-7/h10-19,26H,8-9,20-21H2,1-7H3,(H,33,37)/t26-/m0/s1. The number of carbonyl (C=O) groups is 2. The van der Waals surface area contributed by atoms with E-state index in [-0.39, 0.29) is 34.5 Å². The molecule has 3 rings (SSSR count). The van der Waals surface area contributed by atoms with Gasteiger partial charge in [-0.15, -0.1) is 0 Å². The molecule has 0 bridgehead atoms. The van der Waals surface area contributed by atoms with Crippen LogP contribution < -0.4 is 28.6 Å². The number of anilines is 1. The van der Waals surface area contributed by atoms with Crippen molar-refractivity contribution in [3.8, 4) is 23.0 Å². The van der Waals surface area contributed by atoms with E-state index in [1.165, 1.54) is 57.6 Å². The molecule has 3 aromatic carbocycles. The van der Waals surface area contributed by atoms with Crippen LogP contribution in [0.15, 0.2) is 65.6 Å². The van der Waals surface area contributed by atoms with Gasteiger partial charge >= 0.3 is 0 Å². The number of nitrogens with zero attached hydrogens (tertiary/aromatic N) is 2. The fourth-order valence-corrected chi connectivity index (χ4v) is 6.14. The number of nitrogens with one attached hydrogen (secondary N) is 1. The zero-order valence-corrected chi connectivity index (χ0v) is 27.1. The van der Waals surface area contributed by atoms with Crippen molar-refractivity contribution in [2.75, 3.05) is 45.8 Å². The van der Waals surface area contributed by atoms with E-state index >= 15 is 0 Å². The average Bonchev–Trinajstić information content (AvgIpc) is 3.03. The Bertz CT molecular complexity index is 1540. The van der Waals surface area contributed by atoms with Crippen molar-refractivity contribution in [1.82, 2.24) is 10.2 Å². The number of likely N-dealkylation sites (N-methyl/N-ethyl adjacent to an activating group) is 1. The number of benzene rings is 3. The minimum atomic E-state index is -4.43. The van der Waals surface area contributed by atoms with Crippen LogP contribution in [0.4, 0.5) is 5.69 Å². The van der Waals surface area contributed by atoms with E-state index in [9.17, 15) is 18.0 Å². The summed E-state index contributed by atoms with van der Waals surface area (Å²) in [4.78, 5) is 28.7. The lowest BCUT2D eigenvalue weighted by Gasteiger charge is -2.33. The van der Waals surface area contributed by atoms with Crippen molar-refractivity contribution in [3.05, 3.63) is 71.8 Å². The summed E-state index contributed by atoms with van der Waals surface area (Å²) >= 11 is 0. The Morgan fingerprint density at radius 2 is 1.45 bits per heavy atom. The van der Waals surface area contributed by atoms with Gasteiger partial charge in [-0.05, 0) is 50.1 Å². The molecule has 12 heteroatoms. The van der Waals surface area contributed by atoms with E-state index < -0.39 is 28.5 Å². The fourth-order valence-electron chi connectivity index (χ4n) is 4.71. The summed E-state index contributed by atoms with van der Waals surface area (Å²) < 4.78 is 51.3. The highest BCUT2D eigenvalue weighted by Gasteiger charge is 2.35. The van der Waals surface area contributed by atoms with Crippen LogP contribution in [0.3, 0.4) is 0 Å². The smallest absolute Gasteiger partial charge is 0.265 e. The number of rotatable bonds is 15. The molecule has 0 unspecified atom stereocenters. The maximum atomic E-state index is 14.4. The second-order valence-electron chi connectivity index (χ2n) is 9.89. The van der Waals surface area contributed by atoms with Crippen LogP contribution in [0, 0.1) is 6.92 Å². The van der Waals surface area contributed by atoms with Crippen LogP contribution in [0.1, 0.15) is 31.4 Å². The highest BCUT2D eigenvalue weighted by Crippen LogP contribution is 2.37. The number of hydrogen-bond acceptors (Lipinski definition) is 8. The lowest BCUT2D eigenvalue weighted by atomic mass is 10.1. The van der Waals surface area contributed by atoms with Crippen LogP contribution in [-0.4, -0.2) is 72.7 Å². The molecule has 0 saturated carbocycles. The van der Waals surface area contributed by atoms with Crippen molar-refractivity contribution in [2.24, 2.45) is 0 Å². The Morgan fingerprint density at radius 1 is 0.818 bits per heavy atom. The lowest BCUT2D eigenvalue weighted by molar-refractivity contribution is -0.140. The Balaban J connectivity index is 2.19. The number of ether oxygens (including phenoxy) is 4. The van der Waals surface area contributed by atoms with Gasteiger partial charge in [0.1, 0.15) is 24.1 Å². The van der Waals surface area contributed by atoms with E-state index in [0.717, 1.165) is 15.4 Å². The molecule has 0 aliphatic heterocycles. The first-order chi connectivity index (χ1) is 21.0. The molecule has 238 valence electrons. The predicted octanol–water partition coefficient (Wildman–Crippen LogP) is 4.17. The summed E-state index contributed by atoms with van der Waals surface area (Å²) in [5, 5.41) is 2.80. The van der Waals surface area contributed by atoms with E-state index in [0.29, 0.717) is 24.5 Å². The number of sulfonamides is 1.